The molecule has 0 spiro atoms. The van der Waals surface area contributed by atoms with Gasteiger partial charge in [-0.15, -0.1) is 0 Å². The molecule has 1 aliphatic heterocycles. The van der Waals surface area contributed by atoms with Crippen LogP contribution in [0.15, 0.2) is 18.2 Å². The largest absolute Gasteiger partial charge is 0.488 e. The summed E-state index contributed by atoms with van der Waals surface area (Å²) in [5, 5.41) is 17.9. The number of methoxy groups -OCH3 is 1. The van der Waals surface area contributed by atoms with Gasteiger partial charge in [0.15, 0.2) is 0 Å². The summed E-state index contributed by atoms with van der Waals surface area (Å²) in [6, 6.07) is 4.31. The van der Waals surface area contributed by atoms with E-state index in [1.807, 2.05) is 0 Å². The second-order valence-electron chi connectivity index (χ2n) is 4.61. The Balaban J connectivity index is 2.02. The summed E-state index contributed by atoms with van der Waals surface area (Å²) in [6.45, 7) is 2.22. The van der Waals surface area contributed by atoms with Crippen molar-refractivity contribution in [3.8, 4) is 0 Å². The molecule has 0 saturated carbocycles. The third kappa shape index (κ3) is 3.08. The third-order valence-electron chi connectivity index (χ3n) is 3.33. The lowest BCUT2D eigenvalue weighted by Gasteiger charge is -2.16. The van der Waals surface area contributed by atoms with Crippen molar-refractivity contribution in [2.45, 2.75) is 19.1 Å². The molecule has 1 fully saturated rings. The van der Waals surface area contributed by atoms with Gasteiger partial charge in [-0.1, -0.05) is 12.1 Å². The Morgan fingerprint density at radius 2 is 2.28 bits per heavy atom. The number of hydrogen-bond acceptors (Lipinski definition) is 4. The molecular formula is C12H17BFNO3. The van der Waals surface area contributed by atoms with Crippen LogP contribution in [0, 0.1) is 5.82 Å². The van der Waals surface area contributed by atoms with Gasteiger partial charge in [0.25, 0.3) is 0 Å². The lowest BCUT2D eigenvalue weighted by molar-refractivity contribution is 0.107. The Bertz CT molecular complexity index is 416. The van der Waals surface area contributed by atoms with E-state index < -0.39 is 12.9 Å². The summed E-state index contributed by atoms with van der Waals surface area (Å²) < 4.78 is 19.0. The second-order valence-corrected chi connectivity index (χ2v) is 4.61. The maximum atomic E-state index is 13.8. The second kappa shape index (κ2) is 5.80. The van der Waals surface area contributed by atoms with Crippen molar-refractivity contribution < 1.29 is 19.2 Å². The minimum Gasteiger partial charge on any atom is -0.423 e. The van der Waals surface area contributed by atoms with Gasteiger partial charge in [0, 0.05) is 32.3 Å². The Morgan fingerprint density at radius 3 is 2.83 bits per heavy atom. The molecule has 0 aromatic heterocycles. The molecule has 0 radical (unpaired) electrons. The Hall–Kier alpha value is -0.945. The van der Waals surface area contributed by atoms with Crippen LogP contribution in [0.4, 0.5) is 4.39 Å². The van der Waals surface area contributed by atoms with Crippen LogP contribution in [0.3, 0.4) is 0 Å². The molecule has 2 rings (SSSR count). The standard InChI is InChI=1S/C12H17BFNO3/c1-18-11-4-5-15(8-11)7-9-2-3-10(13(16)17)6-12(9)14/h2-3,6,11,16-17H,4-5,7-8H2,1H3. The molecule has 0 amide bonds. The predicted octanol–water partition coefficient (Wildman–Crippen LogP) is -0.274. The summed E-state index contributed by atoms with van der Waals surface area (Å²) in [5.41, 5.74) is 0.739. The molecule has 6 heteroatoms. The number of rotatable bonds is 4. The van der Waals surface area contributed by atoms with Crippen LogP contribution < -0.4 is 5.46 Å². The van der Waals surface area contributed by atoms with Gasteiger partial charge >= 0.3 is 7.12 Å². The predicted molar refractivity (Wildman–Crippen MR) is 66.9 cm³/mol. The van der Waals surface area contributed by atoms with Gasteiger partial charge in [0.2, 0.25) is 0 Å². The third-order valence-corrected chi connectivity index (χ3v) is 3.33. The van der Waals surface area contributed by atoms with E-state index >= 15 is 0 Å². The fourth-order valence-electron chi connectivity index (χ4n) is 2.23. The van der Waals surface area contributed by atoms with Crippen molar-refractivity contribution in [1.29, 1.82) is 0 Å². The highest BCUT2D eigenvalue weighted by Gasteiger charge is 2.23. The van der Waals surface area contributed by atoms with E-state index in [0.29, 0.717) is 12.1 Å². The van der Waals surface area contributed by atoms with Crippen molar-refractivity contribution in [2.24, 2.45) is 0 Å². The van der Waals surface area contributed by atoms with Crippen molar-refractivity contribution >= 4 is 12.6 Å². The van der Waals surface area contributed by atoms with E-state index in [1.54, 1.807) is 13.2 Å². The SMILES string of the molecule is COC1CCN(Cc2ccc(B(O)O)cc2F)C1. The van der Waals surface area contributed by atoms with Crippen molar-refractivity contribution in [2.75, 3.05) is 20.2 Å². The molecule has 18 heavy (non-hydrogen) atoms. The molecule has 0 bridgehead atoms. The lowest BCUT2D eigenvalue weighted by Crippen LogP contribution is -2.30. The number of likely N-dealkylation sites (tertiary alicyclic amines) is 1. The Labute approximate surface area is 106 Å². The highest BCUT2D eigenvalue weighted by atomic mass is 19.1. The van der Waals surface area contributed by atoms with E-state index in [9.17, 15) is 4.39 Å². The van der Waals surface area contributed by atoms with Crippen LogP contribution in [0.5, 0.6) is 0 Å². The molecule has 1 aromatic carbocycles. The van der Waals surface area contributed by atoms with Crippen LogP contribution in [0.1, 0.15) is 12.0 Å². The van der Waals surface area contributed by atoms with E-state index in [0.717, 1.165) is 19.5 Å². The van der Waals surface area contributed by atoms with Gasteiger partial charge < -0.3 is 14.8 Å². The summed E-state index contributed by atoms with van der Waals surface area (Å²) in [4.78, 5) is 2.13. The van der Waals surface area contributed by atoms with Crippen molar-refractivity contribution in [3.05, 3.63) is 29.6 Å². The molecule has 1 saturated heterocycles. The zero-order valence-electron chi connectivity index (χ0n) is 10.3. The quantitative estimate of drug-likeness (QED) is 0.725. The molecule has 98 valence electrons. The topological polar surface area (TPSA) is 52.9 Å². The smallest absolute Gasteiger partial charge is 0.423 e. The normalized spacial score (nSPS) is 20.3. The van der Waals surface area contributed by atoms with E-state index in [-0.39, 0.29) is 11.6 Å². The molecule has 4 nitrogen and oxygen atoms in total. The monoisotopic (exact) mass is 253 g/mol. The Kier molecular flexibility index (Phi) is 4.34. The van der Waals surface area contributed by atoms with Gasteiger partial charge in [-0.25, -0.2) is 4.39 Å². The highest BCUT2D eigenvalue weighted by molar-refractivity contribution is 6.58. The minimum absolute atomic E-state index is 0.174. The number of benzene rings is 1. The molecule has 1 aliphatic rings. The highest BCUT2D eigenvalue weighted by Crippen LogP contribution is 2.16. The number of nitrogens with zero attached hydrogens (tertiary/aromatic N) is 1. The lowest BCUT2D eigenvalue weighted by atomic mass is 9.80. The first-order valence-corrected chi connectivity index (χ1v) is 5.99. The fourth-order valence-corrected chi connectivity index (χ4v) is 2.23. The van der Waals surface area contributed by atoms with Crippen LogP contribution in [0.25, 0.3) is 0 Å². The zero-order valence-corrected chi connectivity index (χ0v) is 10.3. The van der Waals surface area contributed by atoms with E-state index in [2.05, 4.69) is 4.90 Å². The average molecular weight is 253 g/mol. The zero-order chi connectivity index (χ0) is 13.1. The van der Waals surface area contributed by atoms with Gasteiger partial charge in [0.05, 0.1) is 6.10 Å². The molecule has 1 atom stereocenters. The molecule has 2 N–H and O–H groups in total. The summed E-state index contributed by atoms with van der Waals surface area (Å²) >= 11 is 0. The number of halogens is 1. The molecule has 1 unspecified atom stereocenters. The maximum absolute atomic E-state index is 13.8. The fraction of sp³-hybridized carbons (Fsp3) is 0.500. The number of hydrogen-bond donors (Lipinski definition) is 2. The first-order valence-electron chi connectivity index (χ1n) is 5.99. The van der Waals surface area contributed by atoms with E-state index in [1.165, 1.54) is 12.1 Å². The first-order chi connectivity index (χ1) is 8.60. The van der Waals surface area contributed by atoms with Crippen LogP contribution in [-0.2, 0) is 11.3 Å². The van der Waals surface area contributed by atoms with Crippen molar-refractivity contribution in [3.63, 3.8) is 0 Å². The molecule has 0 aliphatic carbocycles. The maximum Gasteiger partial charge on any atom is 0.488 e. The average Bonchev–Trinajstić information content (AvgIpc) is 2.79. The van der Waals surface area contributed by atoms with Crippen LogP contribution >= 0.6 is 0 Å². The molecular weight excluding hydrogens is 236 g/mol. The van der Waals surface area contributed by atoms with Gasteiger partial charge in [-0.3, -0.25) is 4.90 Å². The Morgan fingerprint density at radius 1 is 1.50 bits per heavy atom. The van der Waals surface area contributed by atoms with Gasteiger partial charge in [0.1, 0.15) is 5.82 Å². The molecule has 1 heterocycles. The van der Waals surface area contributed by atoms with Crippen molar-refractivity contribution in [1.82, 2.24) is 4.90 Å². The summed E-state index contributed by atoms with van der Waals surface area (Å²) in [5.74, 6) is -0.401. The van der Waals surface area contributed by atoms with E-state index in [4.69, 9.17) is 14.8 Å². The summed E-state index contributed by atoms with van der Waals surface area (Å²) in [6.07, 6.45) is 1.19. The van der Waals surface area contributed by atoms with Gasteiger partial charge in [-0.05, 0) is 17.9 Å². The first kappa shape index (κ1) is 13.5. The van der Waals surface area contributed by atoms with Crippen LogP contribution in [0.2, 0.25) is 0 Å². The minimum atomic E-state index is -1.63. The summed E-state index contributed by atoms with van der Waals surface area (Å²) in [7, 11) is 0.0600. The van der Waals surface area contributed by atoms with Crippen LogP contribution in [-0.4, -0.2) is 48.4 Å². The number of ether oxygens (including phenoxy) is 1. The molecule has 1 aromatic rings. The van der Waals surface area contributed by atoms with Gasteiger partial charge in [-0.2, -0.15) is 0 Å².